The quantitative estimate of drug-likeness (QED) is 0.609. The zero-order valence-corrected chi connectivity index (χ0v) is 15.1. The van der Waals surface area contributed by atoms with Gasteiger partial charge in [-0.2, -0.15) is 0 Å². The first-order valence-corrected chi connectivity index (χ1v) is 11.3. The third kappa shape index (κ3) is 3.38. The monoisotopic (exact) mass is 305 g/mol. The highest BCUT2D eigenvalue weighted by Crippen LogP contribution is 2.41. The van der Waals surface area contributed by atoms with Crippen LogP contribution >= 0.6 is 0 Å². The molecule has 1 aliphatic rings. The summed E-state index contributed by atoms with van der Waals surface area (Å²) in [4.78, 5) is 14.4. The number of nitrogens with zero attached hydrogens (tertiary/aromatic N) is 1. The smallest absolute Gasteiger partial charge is 0.239 e. The molecule has 0 saturated carbocycles. The summed E-state index contributed by atoms with van der Waals surface area (Å²) >= 11 is 0. The van der Waals surface area contributed by atoms with Gasteiger partial charge in [0.15, 0.2) is 0 Å². The topological polar surface area (TPSA) is 29.5 Å². The number of hydrogen-bond donors (Lipinski definition) is 0. The first-order chi connectivity index (χ1) is 9.63. The largest absolute Gasteiger partial charge is 0.361 e. The predicted molar refractivity (Wildman–Crippen MR) is 90.7 cm³/mol. The Balaban J connectivity index is 2.10. The van der Waals surface area contributed by atoms with Gasteiger partial charge in [0.2, 0.25) is 5.91 Å². The average molecular weight is 305 g/mol. The molecule has 0 bridgehead atoms. The fraction of sp³-hybridized carbons (Fsp3) is 0.588. The van der Waals surface area contributed by atoms with Gasteiger partial charge in [-0.1, -0.05) is 37.3 Å². The molecule has 0 radical (unpaired) electrons. The minimum atomic E-state index is -1.09. The van der Waals surface area contributed by atoms with Crippen molar-refractivity contribution in [2.75, 3.05) is 18.2 Å². The number of carbonyl (C=O) groups is 1. The van der Waals surface area contributed by atoms with Crippen LogP contribution in [0.2, 0.25) is 25.7 Å². The molecule has 1 aliphatic heterocycles. The van der Waals surface area contributed by atoms with Crippen LogP contribution in [0.4, 0.5) is 5.69 Å². The van der Waals surface area contributed by atoms with Crippen LogP contribution in [0.3, 0.4) is 0 Å². The lowest BCUT2D eigenvalue weighted by Gasteiger charge is -2.21. The van der Waals surface area contributed by atoms with Crippen molar-refractivity contribution in [2.24, 2.45) is 0 Å². The number of aryl methyl sites for hydroxylation is 1. The Labute approximate surface area is 129 Å². The number of benzene rings is 1. The molecule has 0 aromatic heterocycles. The van der Waals surface area contributed by atoms with Crippen molar-refractivity contribution >= 4 is 19.7 Å². The molecule has 0 unspecified atom stereocenters. The van der Waals surface area contributed by atoms with Gasteiger partial charge in [-0.25, -0.2) is 0 Å². The number of ether oxygens (including phenoxy) is 1. The van der Waals surface area contributed by atoms with E-state index < -0.39 is 13.5 Å². The van der Waals surface area contributed by atoms with E-state index in [0.29, 0.717) is 6.73 Å². The molecule has 2 rings (SSSR count). The molecule has 0 N–H and O–H groups in total. The van der Waals surface area contributed by atoms with Crippen molar-refractivity contribution in [2.45, 2.75) is 51.9 Å². The van der Waals surface area contributed by atoms with Gasteiger partial charge in [0.1, 0.15) is 6.73 Å². The van der Waals surface area contributed by atoms with Crippen LogP contribution in [0, 0.1) is 6.92 Å². The molecular formula is C17H27NO2Si. The van der Waals surface area contributed by atoms with Crippen molar-refractivity contribution in [3.05, 3.63) is 29.3 Å². The van der Waals surface area contributed by atoms with E-state index in [1.165, 1.54) is 5.56 Å². The Morgan fingerprint density at radius 3 is 2.52 bits per heavy atom. The standard InChI is InChI=1S/C17H27NO2Si/c1-13-7-8-15-14(11-13)17(2,3)16(19)18(15)12-20-9-10-21(4,5)6/h7-8,11H,9-10,12H2,1-6H3. The van der Waals surface area contributed by atoms with Crippen molar-refractivity contribution in [3.8, 4) is 0 Å². The summed E-state index contributed by atoms with van der Waals surface area (Å²) in [6.45, 7) is 14.2. The summed E-state index contributed by atoms with van der Waals surface area (Å²) in [6, 6.07) is 7.34. The average Bonchev–Trinajstić information content (AvgIpc) is 2.54. The second-order valence-corrected chi connectivity index (χ2v) is 13.3. The second-order valence-electron chi connectivity index (χ2n) is 7.73. The van der Waals surface area contributed by atoms with E-state index in [4.69, 9.17) is 4.74 Å². The molecule has 1 heterocycles. The van der Waals surface area contributed by atoms with E-state index in [1.807, 2.05) is 19.9 Å². The highest BCUT2D eigenvalue weighted by atomic mass is 28.3. The predicted octanol–water partition coefficient (Wildman–Crippen LogP) is 3.93. The first kappa shape index (κ1) is 16.2. The highest BCUT2D eigenvalue weighted by Gasteiger charge is 2.43. The Bertz CT molecular complexity index is 546. The lowest BCUT2D eigenvalue weighted by Crippen LogP contribution is -2.38. The summed E-state index contributed by atoms with van der Waals surface area (Å²) in [5, 5.41) is 0. The number of carbonyl (C=O) groups excluding carboxylic acids is 1. The molecule has 0 atom stereocenters. The van der Waals surface area contributed by atoms with Crippen LogP contribution < -0.4 is 4.90 Å². The zero-order valence-electron chi connectivity index (χ0n) is 14.1. The Hall–Kier alpha value is -1.13. The van der Waals surface area contributed by atoms with Crippen molar-refractivity contribution in [1.82, 2.24) is 0 Å². The van der Waals surface area contributed by atoms with Crippen LogP contribution in [0.5, 0.6) is 0 Å². The fourth-order valence-electron chi connectivity index (χ4n) is 2.61. The van der Waals surface area contributed by atoms with Crippen LogP contribution in [0.25, 0.3) is 0 Å². The molecule has 1 aromatic rings. The number of fused-ring (bicyclic) bond motifs is 1. The zero-order chi connectivity index (χ0) is 15.8. The number of amides is 1. The third-order valence-corrected chi connectivity index (χ3v) is 5.82. The third-order valence-electron chi connectivity index (χ3n) is 4.11. The molecule has 3 nitrogen and oxygen atoms in total. The molecule has 0 spiro atoms. The Morgan fingerprint density at radius 1 is 1.24 bits per heavy atom. The van der Waals surface area contributed by atoms with Crippen LogP contribution in [-0.2, 0) is 14.9 Å². The molecule has 0 aliphatic carbocycles. The van der Waals surface area contributed by atoms with E-state index in [2.05, 4.69) is 38.7 Å². The van der Waals surface area contributed by atoms with E-state index in [-0.39, 0.29) is 5.91 Å². The summed E-state index contributed by atoms with van der Waals surface area (Å²) < 4.78 is 5.78. The van der Waals surface area contributed by atoms with E-state index in [0.717, 1.165) is 23.9 Å². The summed E-state index contributed by atoms with van der Waals surface area (Å²) in [5.41, 5.74) is 2.85. The van der Waals surface area contributed by atoms with Crippen molar-refractivity contribution in [3.63, 3.8) is 0 Å². The first-order valence-electron chi connectivity index (χ1n) is 7.64. The van der Waals surface area contributed by atoms with Crippen LogP contribution in [-0.4, -0.2) is 27.3 Å². The molecule has 1 aromatic carbocycles. The van der Waals surface area contributed by atoms with E-state index in [1.54, 1.807) is 4.90 Å². The lowest BCUT2D eigenvalue weighted by atomic mass is 9.85. The Kier molecular flexibility index (Phi) is 4.31. The lowest BCUT2D eigenvalue weighted by molar-refractivity contribution is -0.123. The minimum absolute atomic E-state index is 0.135. The maximum atomic E-state index is 12.6. The van der Waals surface area contributed by atoms with E-state index >= 15 is 0 Å². The van der Waals surface area contributed by atoms with Gasteiger partial charge >= 0.3 is 0 Å². The molecule has 116 valence electrons. The molecule has 1 amide bonds. The molecule has 0 fully saturated rings. The summed E-state index contributed by atoms with van der Waals surface area (Å²) in [7, 11) is -1.09. The maximum absolute atomic E-state index is 12.6. The van der Waals surface area contributed by atoms with Gasteiger partial charge in [-0.15, -0.1) is 0 Å². The highest BCUT2D eigenvalue weighted by molar-refractivity contribution is 6.76. The number of anilines is 1. The van der Waals surface area contributed by atoms with Gasteiger partial charge in [0.25, 0.3) is 0 Å². The number of rotatable bonds is 5. The summed E-state index contributed by atoms with van der Waals surface area (Å²) in [6.07, 6.45) is 0. The number of hydrogen-bond acceptors (Lipinski definition) is 2. The van der Waals surface area contributed by atoms with E-state index in [9.17, 15) is 4.79 Å². The van der Waals surface area contributed by atoms with Crippen molar-refractivity contribution < 1.29 is 9.53 Å². The molecular weight excluding hydrogens is 278 g/mol. The molecule has 0 saturated heterocycles. The summed E-state index contributed by atoms with van der Waals surface area (Å²) in [5.74, 6) is 0.135. The van der Waals surface area contributed by atoms with Crippen LogP contribution in [0.1, 0.15) is 25.0 Å². The minimum Gasteiger partial charge on any atom is -0.361 e. The van der Waals surface area contributed by atoms with Gasteiger partial charge in [-0.3, -0.25) is 9.69 Å². The van der Waals surface area contributed by atoms with Crippen LogP contribution in [0.15, 0.2) is 18.2 Å². The van der Waals surface area contributed by atoms with Gasteiger partial charge < -0.3 is 4.74 Å². The molecule has 21 heavy (non-hydrogen) atoms. The molecule has 4 heteroatoms. The Morgan fingerprint density at radius 2 is 1.90 bits per heavy atom. The second kappa shape index (κ2) is 5.58. The van der Waals surface area contributed by atoms with Crippen molar-refractivity contribution in [1.29, 1.82) is 0 Å². The van der Waals surface area contributed by atoms with Gasteiger partial charge in [-0.05, 0) is 38.4 Å². The van der Waals surface area contributed by atoms with Gasteiger partial charge in [0.05, 0.1) is 11.1 Å². The maximum Gasteiger partial charge on any atom is 0.239 e. The SMILES string of the molecule is Cc1ccc2c(c1)C(C)(C)C(=O)N2COCC[Si](C)(C)C. The van der Waals surface area contributed by atoms with Gasteiger partial charge in [0, 0.05) is 14.7 Å². The normalized spacial score (nSPS) is 17.2. The fourth-order valence-corrected chi connectivity index (χ4v) is 3.37.